The molecule has 0 bridgehead atoms. The number of rotatable bonds is 8. The quantitative estimate of drug-likeness (QED) is 0.589. The molecule has 0 aromatic heterocycles. The van der Waals surface area contributed by atoms with E-state index in [-0.39, 0.29) is 24.3 Å². The highest BCUT2D eigenvalue weighted by Gasteiger charge is 2.16. The normalized spacial score (nSPS) is 11.5. The average molecular weight is 286 g/mol. The molecule has 0 saturated heterocycles. The molecule has 0 aliphatic heterocycles. The predicted octanol–water partition coefficient (Wildman–Crippen LogP) is 3.27. The largest absolute Gasteiger partial charge is 0.466 e. The summed E-state index contributed by atoms with van der Waals surface area (Å²) in [6.45, 7) is 2.99. The Bertz CT molecular complexity index is 343. The summed E-state index contributed by atoms with van der Waals surface area (Å²) < 4.78 is 5.04. The molecular weight excluding hydrogens is 262 g/mol. The average Bonchev–Trinajstić information content (AvgIpc) is 2.39. The van der Waals surface area contributed by atoms with Gasteiger partial charge >= 0.3 is 5.97 Å². The number of carbonyl (C=O) groups is 1. The monoisotopic (exact) mass is 285 g/mol. The predicted molar refractivity (Wildman–Crippen MR) is 80.6 cm³/mol. The van der Waals surface area contributed by atoms with E-state index in [1.165, 1.54) is 5.56 Å². The molecule has 2 N–H and O–H groups in total. The van der Waals surface area contributed by atoms with Crippen LogP contribution in [-0.4, -0.2) is 19.1 Å². The summed E-state index contributed by atoms with van der Waals surface area (Å²) in [6, 6.07) is 10.2. The molecule has 108 valence electrons. The second kappa shape index (κ2) is 10.8. The number of halogens is 1. The Labute approximate surface area is 121 Å². The molecule has 0 amide bonds. The third-order valence-corrected chi connectivity index (χ3v) is 3.00. The minimum Gasteiger partial charge on any atom is -0.466 e. The second-order valence-corrected chi connectivity index (χ2v) is 4.40. The molecule has 0 spiro atoms. The maximum absolute atomic E-state index is 11.6. The van der Waals surface area contributed by atoms with Crippen LogP contribution in [0.25, 0.3) is 0 Å². The molecule has 1 unspecified atom stereocenters. The van der Waals surface area contributed by atoms with Gasteiger partial charge in [-0.05, 0) is 37.8 Å². The Morgan fingerprint density at radius 3 is 2.53 bits per heavy atom. The molecule has 1 atom stereocenters. The Morgan fingerprint density at radius 1 is 1.26 bits per heavy atom. The Balaban J connectivity index is 0.00000324. The molecule has 0 aliphatic rings. The van der Waals surface area contributed by atoms with Gasteiger partial charge in [-0.25, -0.2) is 0 Å². The SMILES string of the molecule is CCOC(=O)CC(CCCCN)c1ccccc1.Cl. The van der Waals surface area contributed by atoms with E-state index in [1.807, 2.05) is 25.1 Å². The highest BCUT2D eigenvalue weighted by Crippen LogP contribution is 2.25. The molecule has 0 heterocycles. The van der Waals surface area contributed by atoms with Crippen LogP contribution in [0, 0.1) is 0 Å². The lowest BCUT2D eigenvalue weighted by molar-refractivity contribution is -0.143. The van der Waals surface area contributed by atoms with Crippen molar-refractivity contribution in [3.63, 3.8) is 0 Å². The van der Waals surface area contributed by atoms with Gasteiger partial charge < -0.3 is 10.5 Å². The molecular formula is C15H24ClNO2. The van der Waals surface area contributed by atoms with Gasteiger partial charge in [0.15, 0.2) is 0 Å². The summed E-state index contributed by atoms with van der Waals surface area (Å²) >= 11 is 0. The lowest BCUT2D eigenvalue weighted by atomic mass is 9.90. The minimum atomic E-state index is -0.112. The molecule has 19 heavy (non-hydrogen) atoms. The van der Waals surface area contributed by atoms with Crippen molar-refractivity contribution in [3.8, 4) is 0 Å². The van der Waals surface area contributed by atoms with E-state index < -0.39 is 0 Å². The van der Waals surface area contributed by atoms with Gasteiger partial charge in [-0.3, -0.25) is 4.79 Å². The molecule has 4 heteroatoms. The maximum Gasteiger partial charge on any atom is 0.306 e. The zero-order valence-corrected chi connectivity index (χ0v) is 12.3. The number of hydrogen-bond acceptors (Lipinski definition) is 3. The number of carbonyl (C=O) groups excluding carboxylic acids is 1. The second-order valence-electron chi connectivity index (χ2n) is 4.40. The highest BCUT2D eigenvalue weighted by molar-refractivity contribution is 5.85. The van der Waals surface area contributed by atoms with Crippen molar-refractivity contribution >= 4 is 18.4 Å². The summed E-state index contributed by atoms with van der Waals surface area (Å²) in [6.07, 6.45) is 3.50. The van der Waals surface area contributed by atoms with Gasteiger partial charge in [-0.15, -0.1) is 12.4 Å². The van der Waals surface area contributed by atoms with Crippen molar-refractivity contribution in [2.45, 2.75) is 38.5 Å². The third-order valence-electron chi connectivity index (χ3n) is 3.00. The zero-order valence-electron chi connectivity index (χ0n) is 11.5. The Morgan fingerprint density at radius 2 is 1.95 bits per heavy atom. The molecule has 3 nitrogen and oxygen atoms in total. The van der Waals surface area contributed by atoms with Crippen molar-refractivity contribution in [3.05, 3.63) is 35.9 Å². The van der Waals surface area contributed by atoms with Crippen LogP contribution >= 0.6 is 12.4 Å². The van der Waals surface area contributed by atoms with E-state index in [1.54, 1.807) is 0 Å². The van der Waals surface area contributed by atoms with Crippen molar-refractivity contribution in [2.24, 2.45) is 5.73 Å². The van der Waals surface area contributed by atoms with Crippen LogP contribution in [0.15, 0.2) is 30.3 Å². The fourth-order valence-electron chi connectivity index (χ4n) is 2.07. The lowest BCUT2D eigenvalue weighted by Crippen LogP contribution is -2.11. The number of nitrogens with two attached hydrogens (primary N) is 1. The first-order valence-electron chi connectivity index (χ1n) is 6.68. The van der Waals surface area contributed by atoms with E-state index in [0.29, 0.717) is 19.6 Å². The number of esters is 1. The summed E-state index contributed by atoms with van der Waals surface area (Å²) in [5, 5.41) is 0. The van der Waals surface area contributed by atoms with Crippen molar-refractivity contribution in [2.75, 3.05) is 13.2 Å². The van der Waals surface area contributed by atoms with Gasteiger partial charge in [0.05, 0.1) is 13.0 Å². The van der Waals surface area contributed by atoms with Crippen LogP contribution < -0.4 is 5.73 Å². The molecule has 0 saturated carbocycles. The van der Waals surface area contributed by atoms with Gasteiger partial charge in [0.25, 0.3) is 0 Å². The summed E-state index contributed by atoms with van der Waals surface area (Å²) in [7, 11) is 0. The Kier molecular flexibility index (Phi) is 10.2. The summed E-state index contributed by atoms with van der Waals surface area (Å²) in [4.78, 5) is 11.6. The summed E-state index contributed by atoms with van der Waals surface area (Å²) in [5.74, 6) is 0.135. The van der Waals surface area contributed by atoms with E-state index >= 15 is 0 Å². The fourth-order valence-corrected chi connectivity index (χ4v) is 2.07. The molecule has 0 radical (unpaired) electrons. The number of unbranched alkanes of at least 4 members (excludes halogenated alkanes) is 1. The van der Waals surface area contributed by atoms with Crippen LogP contribution in [0.5, 0.6) is 0 Å². The van der Waals surface area contributed by atoms with Crippen molar-refractivity contribution in [1.29, 1.82) is 0 Å². The van der Waals surface area contributed by atoms with Gasteiger partial charge in [-0.2, -0.15) is 0 Å². The number of ether oxygens (including phenoxy) is 1. The minimum absolute atomic E-state index is 0. The van der Waals surface area contributed by atoms with Crippen LogP contribution in [0.2, 0.25) is 0 Å². The molecule has 1 aromatic carbocycles. The van der Waals surface area contributed by atoms with Gasteiger partial charge in [0.1, 0.15) is 0 Å². The highest BCUT2D eigenvalue weighted by atomic mass is 35.5. The van der Waals surface area contributed by atoms with Crippen LogP contribution in [0.3, 0.4) is 0 Å². The third kappa shape index (κ3) is 7.19. The Hall–Kier alpha value is -1.06. The molecule has 1 aromatic rings. The molecule has 0 aliphatic carbocycles. The van der Waals surface area contributed by atoms with E-state index in [2.05, 4.69) is 12.1 Å². The van der Waals surface area contributed by atoms with Gasteiger partial charge in [0, 0.05) is 0 Å². The first-order chi connectivity index (χ1) is 8.77. The first kappa shape index (κ1) is 17.9. The number of benzene rings is 1. The van der Waals surface area contributed by atoms with Crippen LogP contribution in [-0.2, 0) is 9.53 Å². The standard InChI is InChI=1S/C15H23NO2.ClH/c1-2-18-15(17)12-14(10-6-7-11-16)13-8-4-3-5-9-13;/h3-5,8-9,14H,2,6-7,10-12,16H2,1H3;1H. The fraction of sp³-hybridized carbons (Fsp3) is 0.533. The molecule has 1 rings (SSSR count). The van der Waals surface area contributed by atoms with Crippen molar-refractivity contribution in [1.82, 2.24) is 0 Å². The number of hydrogen-bond donors (Lipinski definition) is 1. The zero-order chi connectivity index (χ0) is 13.2. The van der Waals surface area contributed by atoms with E-state index in [0.717, 1.165) is 19.3 Å². The topological polar surface area (TPSA) is 52.3 Å². The van der Waals surface area contributed by atoms with E-state index in [4.69, 9.17) is 10.5 Å². The van der Waals surface area contributed by atoms with Gasteiger partial charge in [0.2, 0.25) is 0 Å². The van der Waals surface area contributed by atoms with Crippen LogP contribution in [0.4, 0.5) is 0 Å². The van der Waals surface area contributed by atoms with Crippen molar-refractivity contribution < 1.29 is 9.53 Å². The van der Waals surface area contributed by atoms with E-state index in [9.17, 15) is 4.79 Å². The smallest absolute Gasteiger partial charge is 0.306 e. The van der Waals surface area contributed by atoms with Crippen LogP contribution in [0.1, 0.15) is 44.1 Å². The maximum atomic E-state index is 11.6. The lowest BCUT2D eigenvalue weighted by Gasteiger charge is -2.16. The molecule has 0 fully saturated rings. The summed E-state index contributed by atoms with van der Waals surface area (Å²) in [5.41, 5.74) is 6.72. The first-order valence-corrected chi connectivity index (χ1v) is 6.68. The van der Waals surface area contributed by atoms with Gasteiger partial charge in [-0.1, -0.05) is 36.8 Å².